The van der Waals surface area contributed by atoms with E-state index in [-0.39, 0.29) is 11.3 Å². The number of ether oxygens (including phenoxy) is 1. The number of methoxy groups -OCH3 is 1. The van der Waals surface area contributed by atoms with E-state index >= 15 is 0 Å². The normalized spacial score (nSPS) is 18.2. The molecule has 2 rings (SSSR count). The molecule has 1 aromatic heterocycles. The number of piperidine rings is 1. The zero-order valence-corrected chi connectivity index (χ0v) is 16.9. The number of hydrogen-bond donors (Lipinski definition) is 1. The molecule has 0 bridgehead atoms. The smallest absolute Gasteiger partial charge is 0.255 e. The molecule has 146 valence electrons. The Morgan fingerprint density at radius 2 is 2.19 bits per heavy atom. The summed E-state index contributed by atoms with van der Waals surface area (Å²) in [5.41, 5.74) is 0.797. The Morgan fingerprint density at radius 1 is 1.42 bits per heavy atom. The molecule has 0 spiro atoms. The summed E-state index contributed by atoms with van der Waals surface area (Å²) in [7, 11) is 5.88. The Kier molecular flexibility index (Phi) is 7.41. The highest BCUT2D eigenvalue weighted by Gasteiger charge is 2.24. The van der Waals surface area contributed by atoms with Crippen molar-refractivity contribution in [2.75, 3.05) is 59.3 Å². The maximum Gasteiger partial charge on any atom is 0.255 e. The highest BCUT2D eigenvalue weighted by molar-refractivity contribution is 5.94. The molecule has 1 unspecified atom stereocenters. The number of amides is 1. The number of likely N-dealkylation sites (tertiary alicyclic amines) is 1. The first kappa shape index (κ1) is 20.6. The Labute approximate surface area is 157 Å². The van der Waals surface area contributed by atoms with Crippen molar-refractivity contribution in [3.8, 4) is 0 Å². The first-order chi connectivity index (χ1) is 12.3. The zero-order chi connectivity index (χ0) is 19.2. The Bertz CT molecular complexity index is 570. The molecule has 2 heterocycles. The van der Waals surface area contributed by atoms with Crippen molar-refractivity contribution >= 4 is 11.7 Å². The van der Waals surface area contributed by atoms with Crippen molar-refractivity contribution in [3.05, 3.63) is 23.9 Å². The van der Waals surface area contributed by atoms with Crippen LogP contribution in [0.2, 0.25) is 0 Å². The van der Waals surface area contributed by atoms with Gasteiger partial charge in [0.15, 0.2) is 0 Å². The van der Waals surface area contributed by atoms with Gasteiger partial charge in [0.1, 0.15) is 5.82 Å². The standard InChI is InChI=1S/C20H34N4O2/c1-20(2,15-23(3)4)14-22-18-9-8-17(11-21-18)19(25)24-10-6-7-16(12-24)13-26-5/h8-9,11,16H,6-7,10,12-15H2,1-5H3,(H,21,22). The van der Waals surface area contributed by atoms with Crippen molar-refractivity contribution in [1.29, 1.82) is 0 Å². The van der Waals surface area contributed by atoms with Crippen LogP contribution in [0.4, 0.5) is 5.82 Å². The lowest BCUT2D eigenvalue weighted by Gasteiger charge is -2.32. The molecule has 1 fully saturated rings. The first-order valence-corrected chi connectivity index (χ1v) is 9.43. The van der Waals surface area contributed by atoms with Gasteiger partial charge < -0.3 is 19.9 Å². The molecule has 1 N–H and O–H groups in total. The largest absolute Gasteiger partial charge is 0.384 e. The van der Waals surface area contributed by atoms with Crippen LogP contribution in [0.1, 0.15) is 37.0 Å². The minimum atomic E-state index is 0.0674. The summed E-state index contributed by atoms with van der Waals surface area (Å²) in [4.78, 5) is 21.3. The quantitative estimate of drug-likeness (QED) is 0.770. The van der Waals surface area contributed by atoms with E-state index in [1.165, 1.54) is 0 Å². The average Bonchev–Trinajstić information content (AvgIpc) is 2.59. The van der Waals surface area contributed by atoms with Gasteiger partial charge in [-0.1, -0.05) is 13.8 Å². The van der Waals surface area contributed by atoms with E-state index in [0.29, 0.717) is 18.1 Å². The van der Waals surface area contributed by atoms with E-state index in [2.05, 4.69) is 43.1 Å². The fourth-order valence-corrected chi connectivity index (χ4v) is 3.67. The lowest BCUT2D eigenvalue weighted by Crippen LogP contribution is -2.41. The van der Waals surface area contributed by atoms with Crippen LogP contribution in [0.5, 0.6) is 0 Å². The maximum atomic E-state index is 12.7. The van der Waals surface area contributed by atoms with Crippen molar-refractivity contribution < 1.29 is 9.53 Å². The van der Waals surface area contributed by atoms with Crippen LogP contribution in [0.3, 0.4) is 0 Å². The van der Waals surface area contributed by atoms with Gasteiger partial charge >= 0.3 is 0 Å². The lowest BCUT2D eigenvalue weighted by atomic mass is 9.93. The lowest BCUT2D eigenvalue weighted by molar-refractivity contribution is 0.0570. The molecule has 1 atom stereocenters. The van der Waals surface area contributed by atoms with E-state index in [0.717, 1.165) is 44.8 Å². The maximum absolute atomic E-state index is 12.7. The second-order valence-corrected chi connectivity index (χ2v) is 8.40. The van der Waals surface area contributed by atoms with Crippen LogP contribution in [0.15, 0.2) is 18.3 Å². The second kappa shape index (κ2) is 9.33. The van der Waals surface area contributed by atoms with E-state index in [1.807, 2.05) is 17.0 Å². The molecule has 1 aliphatic heterocycles. The van der Waals surface area contributed by atoms with Crippen molar-refractivity contribution in [2.45, 2.75) is 26.7 Å². The van der Waals surface area contributed by atoms with E-state index < -0.39 is 0 Å². The van der Waals surface area contributed by atoms with E-state index in [9.17, 15) is 4.79 Å². The van der Waals surface area contributed by atoms with Crippen LogP contribution < -0.4 is 5.32 Å². The van der Waals surface area contributed by atoms with Crippen molar-refractivity contribution in [1.82, 2.24) is 14.8 Å². The summed E-state index contributed by atoms with van der Waals surface area (Å²) in [5, 5.41) is 3.38. The number of nitrogens with zero attached hydrogens (tertiary/aromatic N) is 3. The van der Waals surface area contributed by atoms with Crippen LogP contribution in [-0.2, 0) is 4.74 Å². The molecule has 1 aliphatic rings. The molecule has 0 radical (unpaired) electrons. The molecule has 1 saturated heterocycles. The molecule has 6 heteroatoms. The van der Waals surface area contributed by atoms with Crippen LogP contribution in [0, 0.1) is 11.3 Å². The third-order valence-electron chi connectivity index (χ3n) is 4.71. The average molecular weight is 363 g/mol. The van der Waals surface area contributed by atoms with Crippen molar-refractivity contribution in [3.63, 3.8) is 0 Å². The summed E-state index contributed by atoms with van der Waals surface area (Å²) in [5.74, 6) is 1.31. The minimum Gasteiger partial charge on any atom is -0.384 e. The van der Waals surface area contributed by atoms with Crippen LogP contribution >= 0.6 is 0 Å². The number of carbonyl (C=O) groups excluding carboxylic acids is 1. The molecule has 0 saturated carbocycles. The molecule has 1 amide bonds. The summed E-state index contributed by atoms with van der Waals surface area (Å²) in [6.07, 6.45) is 3.85. The van der Waals surface area contributed by atoms with Gasteiger partial charge in [-0.05, 0) is 50.4 Å². The Hall–Kier alpha value is -1.66. The molecular formula is C20H34N4O2. The minimum absolute atomic E-state index is 0.0674. The number of hydrogen-bond acceptors (Lipinski definition) is 5. The monoisotopic (exact) mass is 362 g/mol. The zero-order valence-electron chi connectivity index (χ0n) is 16.9. The number of pyridine rings is 1. The third kappa shape index (κ3) is 6.25. The van der Waals surface area contributed by atoms with Gasteiger partial charge in [-0.25, -0.2) is 4.98 Å². The van der Waals surface area contributed by atoms with Gasteiger partial charge in [-0.15, -0.1) is 0 Å². The van der Waals surface area contributed by atoms with E-state index in [1.54, 1.807) is 13.3 Å². The van der Waals surface area contributed by atoms with Crippen LogP contribution in [0.25, 0.3) is 0 Å². The van der Waals surface area contributed by atoms with Crippen molar-refractivity contribution in [2.24, 2.45) is 11.3 Å². The molecule has 1 aromatic rings. The summed E-state index contributed by atoms with van der Waals surface area (Å²) < 4.78 is 5.25. The third-order valence-corrected chi connectivity index (χ3v) is 4.71. The predicted molar refractivity (Wildman–Crippen MR) is 106 cm³/mol. The number of nitrogens with one attached hydrogen (secondary N) is 1. The molecule has 6 nitrogen and oxygen atoms in total. The molecule has 0 aliphatic carbocycles. The van der Waals surface area contributed by atoms with Gasteiger partial charge in [0.2, 0.25) is 0 Å². The van der Waals surface area contributed by atoms with Crippen LogP contribution in [-0.4, -0.2) is 74.7 Å². The Balaban J connectivity index is 1.91. The molecular weight excluding hydrogens is 328 g/mol. The SMILES string of the molecule is COCC1CCCN(C(=O)c2ccc(NCC(C)(C)CN(C)C)nc2)C1. The number of carbonyl (C=O) groups is 1. The molecule has 26 heavy (non-hydrogen) atoms. The first-order valence-electron chi connectivity index (χ1n) is 9.43. The second-order valence-electron chi connectivity index (χ2n) is 8.40. The fourth-order valence-electron chi connectivity index (χ4n) is 3.67. The highest BCUT2D eigenvalue weighted by atomic mass is 16.5. The summed E-state index contributed by atoms with van der Waals surface area (Å²) >= 11 is 0. The Morgan fingerprint density at radius 3 is 2.81 bits per heavy atom. The fraction of sp³-hybridized carbons (Fsp3) is 0.700. The number of rotatable bonds is 8. The topological polar surface area (TPSA) is 57.7 Å². The van der Waals surface area contributed by atoms with Gasteiger partial charge in [0.05, 0.1) is 12.2 Å². The highest BCUT2D eigenvalue weighted by Crippen LogP contribution is 2.20. The van der Waals surface area contributed by atoms with Gasteiger partial charge in [0.25, 0.3) is 5.91 Å². The number of aromatic nitrogens is 1. The van der Waals surface area contributed by atoms with Gasteiger partial charge in [0, 0.05) is 39.5 Å². The number of anilines is 1. The predicted octanol–water partition coefficient (Wildman–Crippen LogP) is 2.58. The molecule has 0 aromatic carbocycles. The van der Waals surface area contributed by atoms with E-state index in [4.69, 9.17) is 4.74 Å². The van der Waals surface area contributed by atoms with Gasteiger partial charge in [-0.2, -0.15) is 0 Å². The van der Waals surface area contributed by atoms with Gasteiger partial charge in [-0.3, -0.25) is 4.79 Å². The summed E-state index contributed by atoms with van der Waals surface area (Å²) in [6, 6.07) is 3.77. The summed E-state index contributed by atoms with van der Waals surface area (Å²) in [6.45, 7) is 8.58.